The zero-order valence-corrected chi connectivity index (χ0v) is 13.9. The minimum Gasteiger partial charge on any atom is -0.508 e. The largest absolute Gasteiger partial charge is 0.508 e. The summed E-state index contributed by atoms with van der Waals surface area (Å²) >= 11 is 0. The highest BCUT2D eigenvalue weighted by molar-refractivity contribution is 6.04. The van der Waals surface area contributed by atoms with E-state index in [4.69, 9.17) is 0 Å². The number of phenolic OH excluding ortho intramolecular Hbond substituents is 2. The lowest BCUT2D eigenvalue weighted by Gasteiger charge is -2.32. The Morgan fingerprint density at radius 2 is 1.44 bits per heavy atom. The number of carbonyl (C=O) groups is 1. The van der Waals surface area contributed by atoms with Crippen LogP contribution in [0.5, 0.6) is 11.5 Å². The molecule has 0 saturated carbocycles. The summed E-state index contributed by atoms with van der Waals surface area (Å²) in [6, 6.07) is 13.4. The van der Waals surface area contributed by atoms with E-state index in [1.807, 2.05) is 13.0 Å². The Morgan fingerprint density at radius 3 is 1.84 bits per heavy atom. The molecule has 0 unspecified atom stereocenters. The number of benzene rings is 2. The van der Waals surface area contributed by atoms with Gasteiger partial charge in [0.1, 0.15) is 17.0 Å². The molecule has 2 aromatic rings. The van der Waals surface area contributed by atoms with E-state index >= 15 is 0 Å². The maximum Gasteiger partial charge on any atom is 0.252 e. The van der Waals surface area contributed by atoms with Crippen LogP contribution in [0.2, 0.25) is 0 Å². The molecule has 2 aromatic carbocycles. The van der Waals surface area contributed by atoms with Crippen molar-refractivity contribution < 1.29 is 15.0 Å². The maximum absolute atomic E-state index is 12.6. The Bertz CT molecular complexity index is 829. The molecule has 3 rings (SSSR count). The molecular formula is C21H19NO3. The van der Waals surface area contributed by atoms with E-state index in [2.05, 4.69) is 11.9 Å². The number of hydrogen-bond donors (Lipinski definition) is 3. The second-order valence-corrected chi connectivity index (χ2v) is 5.82. The molecule has 1 aliphatic rings. The van der Waals surface area contributed by atoms with Gasteiger partial charge in [-0.1, -0.05) is 49.1 Å². The van der Waals surface area contributed by atoms with Crippen molar-refractivity contribution in [1.29, 1.82) is 0 Å². The van der Waals surface area contributed by atoms with Crippen molar-refractivity contribution >= 4 is 5.91 Å². The lowest BCUT2D eigenvalue weighted by molar-refractivity contribution is -0.117. The third-order valence-electron chi connectivity index (χ3n) is 4.41. The monoisotopic (exact) mass is 333 g/mol. The van der Waals surface area contributed by atoms with Crippen LogP contribution < -0.4 is 5.32 Å². The summed E-state index contributed by atoms with van der Waals surface area (Å²) in [4.78, 5) is 12.6. The lowest BCUT2D eigenvalue weighted by Crippen LogP contribution is -2.41. The van der Waals surface area contributed by atoms with Crippen LogP contribution in [0.3, 0.4) is 0 Å². The smallest absolute Gasteiger partial charge is 0.252 e. The van der Waals surface area contributed by atoms with E-state index in [0.29, 0.717) is 5.57 Å². The standard InChI is InChI=1S/C21H19NO3/c1-3-5-19-18(4-2)20(25)22-21(19,14-6-10-16(23)11-7-14)15-8-12-17(24)13-9-15/h3-13,23-24H,1H2,2H3,(H,22,25)/b18-4+,19-5+. The van der Waals surface area contributed by atoms with Crippen LogP contribution in [0.25, 0.3) is 0 Å². The van der Waals surface area contributed by atoms with Gasteiger partial charge in [-0.25, -0.2) is 0 Å². The molecule has 1 amide bonds. The topological polar surface area (TPSA) is 69.6 Å². The van der Waals surface area contributed by atoms with Gasteiger partial charge in [-0.2, -0.15) is 0 Å². The number of hydrogen-bond acceptors (Lipinski definition) is 3. The molecular weight excluding hydrogens is 314 g/mol. The summed E-state index contributed by atoms with van der Waals surface area (Å²) in [6.45, 7) is 5.59. The zero-order chi connectivity index (χ0) is 18.0. The first-order valence-electron chi connectivity index (χ1n) is 7.94. The molecule has 25 heavy (non-hydrogen) atoms. The van der Waals surface area contributed by atoms with E-state index in [0.717, 1.165) is 16.7 Å². The van der Waals surface area contributed by atoms with E-state index in [1.165, 1.54) is 0 Å². The zero-order valence-electron chi connectivity index (χ0n) is 13.9. The summed E-state index contributed by atoms with van der Waals surface area (Å²) < 4.78 is 0. The summed E-state index contributed by atoms with van der Waals surface area (Å²) in [5, 5.41) is 22.4. The van der Waals surface area contributed by atoms with E-state index in [1.54, 1.807) is 60.7 Å². The molecule has 0 radical (unpaired) electrons. The van der Waals surface area contributed by atoms with Crippen molar-refractivity contribution in [3.8, 4) is 11.5 Å². The van der Waals surface area contributed by atoms with Crippen LogP contribution in [0.1, 0.15) is 18.1 Å². The predicted molar refractivity (Wildman–Crippen MR) is 97.2 cm³/mol. The van der Waals surface area contributed by atoms with Crippen molar-refractivity contribution in [2.45, 2.75) is 12.5 Å². The molecule has 0 aliphatic carbocycles. The summed E-state index contributed by atoms with van der Waals surface area (Å²) in [7, 11) is 0. The van der Waals surface area contributed by atoms with Crippen LogP contribution in [0.15, 0.2) is 84.5 Å². The van der Waals surface area contributed by atoms with E-state index in [9.17, 15) is 15.0 Å². The molecule has 0 bridgehead atoms. The summed E-state index contributed by atoms with van der Waals surface area (Å²) in [5.41, 5.74) is 2.02. The molecule has 3 N–H and O–H groups in total. The van der Waals surface area contributed by atoms with Crippen LogP contribution in [0.4, 0.5) is 0 Å². The normalized spacial score (nSPS) is 19.2. The highest BCUT2D eigenvalue weighted by Gasteiger charge is 2.47. The van der Waals surface area contributed by atoms with Gasteiger partial charge in [-0.05, 0) is 47.9 Å². The van der Waals surface area contributed by atoms with Gasteiger partial charge in [-0.15, -0.1) is 0 Å². The van der Waals surface area contributed by atoms with Crippen LogP contribution in [0, 0.1) is 0 Å². The number of phenols is 2. The highest BCUT2D eigenvalue weighted by Crippen LogP contribution is 2.45. The van der Waals surface area contributed by atoms with Gasteiger partial charge in [0.2, 0.25) is 0 Å². The van der Waals surface area contributed by atoms with Crippen LogP contribution in [-0.4, -0.2) is 16.1 Å². The van der Waals surface area contributed by atoms with Gasteiger partial charge >= 0.3 is 0 Å². The van der Waals surface area contributed by atoms with E-state index in [-0.39, 0.29) is 17.4 Å². The van der Waals surface area contributed by atoms with Crippen molar-refractivity contribution in [2.75, 3.05) is 0 Å². The van der Waals surface area contributed by atoms with E-state index < -0.39 is 5.54 Å². The fourth-order valence-electron chi connectivity index (χ4n) is 3.29. The first-order chi connectivity index (χ1) is 12.0. The highest BCUT2D eigenvalue weighted by atomic mass is 16.3. The van der Waals surface area contributed by atoms with Gasteiger partial charge in [0.25, 0.3) is 5.91 Å². The molecule has 0 spiro atoms. The average molecular weight is 333 g/mol. The SMILES string of the molecule is C=C/C=C1\C(=C/C)C(=O)NC1(c1ccc(O)cc1)c1ccc(O)cc1. The fraction of sp³-hybridized carbons (Fsp3) is 0.0952. The average Bonchev–Trinajstić information content (AvgIpc) is 2.89. The second-order valence-electron chi connectivity index (χ2n) is 5.82. The first kappa shape index (κ1) is 16.6. The third-order valence-corrected chi connectivity index (χ3v) is 4.41. The Labute approximate surface area is 146 Å². The minimum atomic E-state index is -0.922. The molecule has 1 fully saturated rings. The van der Waals surface area contributed by atoms with Gasteiger partial charge in [0, 0.05) is 5.57 Å². The number of nitrogens with one attached hydrogen (secondary N) is 1. The number of rotatable bonds is 3. The molecule has 1 saturated heterocycles. The quantitative estimate of drug-likeness (QED) is 0.753. The number of allylic oxidation sites excluding steroid dienone is 3. The summed E-state index contributed by atoms with van der Waals surface area (Å²) in [5.74, 6) is 0.112. The molecule has 4 nitrogen and oxygen atoms in total. The Hall–Kier alpha value is -3.27. The maximum atomic E-state index is 12.6. The molecule has 4 heteroatoms. The molecule has 126 valence electrons. The minimum absolute atomic E-state index is 0.148. The molecule has 1 aliphatic heterocycles. The van der Waals surface area contributed by atoms with Crippen molar-refractivity contribution in [1.82, 2.24) is 5.32 Å². The Morgan fingerprint density at radius 1 is 0.960 bits per heavy atom. The van der Waals surface area contributed by atoms with Gasteiger partial charge in [0.05, 0.1) is 0 Å². The fourth-order valence-corrected chi connectivity index (χ4v) is 3.29. The Kier molecular flexibility index (Phi) is 4.19. The Balaban J connectivity index is 2.35. The summed E-state index contributed by atoms with van der Waals surface area (Å²) in [6.07, 6.45) is 5.23. The molecule has 0 atom stereocenters. The lowest BCUT2D eigenvalue weighted by atomic mass is 9.76. The second kappa shape index (κ2) is 6.32. The first-order valence-corrected chi connectivity index (χ1v) is 7.94. The number of amides is 1. The predicted octanol–water partition coefficient (Wildman–Crippen LogP) is 3.53. The van der Waals surface area contributed by atoms with Crippen LogP contribution >= 0.6 is 0 Å². The van der Waals surface area contributed by atoms with Gasteiger partial charge in [-0.3, -0.25) is 4.79 Å². The van der Waals surface area contributed by atoms with Crippen LogP contribution in [-0.2, 0) is 10.3 Å². The number of aromatic hydroxyl groups is 2. The van der Waals surface area contributed by atoms with Gasteiger partial charge < -0.3 is 15.5 Å². The molecule has 0 aromatic heterocycles. The number of carbonyl (C=O) groups excluding carboxylic acids is 1. The molecule has 1 heterocycles. The van der Waals surface area contributed by atoms with Crippen molar-refractivity contribution in [2.24, 2.45) is 0 Å². The van der Waals surface area contributed by atoms with Gasteiger partial charge in [0.15, 0.2) is 0 Å². The van der Waals surface area contributed by atoms with Crippen molar-refractivity contribution in [3.05, 3.63) is 95.6 Å². The third kappa shape index (κ3) is 2.62. The van der Waals surface area contributed by atoms with Crippen molar-refractivity contribution in [3.63, 3.8) is 0 Å².